The van der Waals surface area contributed by atoms with Crippen LogP contribution in [-0.4, -0.2) is 76.7 Å². The second-order valence-electron chi connectivity index (χ2n) is 9.91. The van der Waals surface area contributed by atoms with Gasteiger partial charge in [-0.1, -0.05) is 34.1 Å². The van der Waals surface area contributed by atoms with E-state index in [1.165, 1.54) is 0 Å². The van der Waals surface area contributed by atoms with E-state index in [4.69, 9.17) is 9.47 Å². The smallest absolute Gasteiger partial charge is 0.312 e. The number of carbonyl (C=O) groups is 3. The molecule has 3 unspecified atom stereocenters. The number of carbonyl (C=O) groups excluding carboxylic acids is 3. The molecule has 196 valence electrons. The van der Waals surface area contributed by atoms with Gasteiger partial charge in [-0.3, -0.25) is 14.4 Å². The van der Waals surface area contributed by atoms with E-state index >= 15 is 0 Å². The molecule has 2 amide bonds. The summed E-state index contributed by atoms with van der Waals surface area (Å²) in [4.78, 5) is 44.4. The molecule has 3 heterocycles. The lowest BCUT2D eigenvalue weighted by Crippen LogP contribution is -2.57. The molecular formula is C27H35BrN2O6. The first-order valence-electron chi connectivity index (χ1n) is 12.6. The van der Waals surface area contributed by atoms with Gasteiger partial charge in [-0.2, -0.15) is 0 Å². The molecule has 3 fully saturated rings. The number of hydrogen-bond acceptors (Lipinski definition) is 6. The molecule has 0 aliphatic carbocycles. The number of alkyl halides is 1. The van der Waals surface area contributed by atoms with Crippen LogP contribution in [0.5, 0.6) is 0 Å². The minimum Gasteiger partial charge on any atom is -0.466 e. The summed E-state index contributed by atoms with van der Waals surface area (Å²) in [7, 11) is 0. The van der Waals surface area contributed by atoms with Crippen LogP contribution in [-0.2, 0) is 23.9 Å². The highest BCUT2D eigenvalue weighted by atomic mass is 79.9. The molecule has 36 heavy (non-hydrogen) atoms. The van der Waals surface area contributed by atoms with Gasteiger partial charge in [0.25, 0.3) is 5.91 Å². The number of anilines is 1. The van der Waals surface area contributed by atoms with E-state index in [1.807, 2.05) is 32.0 Å². The lowest BCUT2D eigenvalue weighted by atomic mass is 9.70. The van der Waals surface area contributed by atoms with Gasteiger partial charge in [-0.15, -0.1) is 6.58 Å². The number of benzene rings is 1. The Labute approximate surface area is 220 Å². The number of aryl methyl sites for hydroxylation is 2. The Hall–Kier alpha value is -2.23. The van der Waals surface area contributed by atoms with Crippen molar-refractivity contribution in [2.75, 3.05) is 31.2 Å². The highest BCUT2D eigenvalue weighted by Crippen LogP contribution is 2.60. The van der Waals surface area contributed by atoms with Crippen LogP contribution in [0.2, 0.25) is 0 Å². The molecule has 0 radical (unpaired) electrons. The number of rotatable bonds is 10. The van der Waals surface area contributed by atoms with Gasteiger partial charge in [0.2, 0.25) is 5.91 Å². The molecule has 4 rings (SSSR count). The van der Waals surface area contributed by atoms with Gasteiger partial charge >= 0.3 is 5.97 Å². The Morgan fingerprint density at radius 2 is 2.11 bits per heavy atom. The second-order valence-corrected chi connectivity index (χ2v) is 11.1. The zero-order valence-electron chi connectivity index (χ0n) is 21.1. The third-order valence-electron chi connectivity index (χ3n) is 7.62. The fraction of sp³-hybridized carbons (Fsp3) is 0.593. The number of esters is 1. The molecule has 2 bridgehead atoms. The summed E-state index contributed by atoms with van der Waals surface area (Å²) in [5, 5.41) is 9.34. The summed E-state index contributed by atoms with van der Waals surface area (Å²) in [6, 6.07) is 5.01. The molecule has 0 aromatic heterocycles. The number of aliphatic hydroxyl groups excluding tert-OH is 1. The van der Waals surface area contributed by atoms with Crippen LogP contribution in [0, 0.1) is 25.7 Å². The van der Waals surface area contributed by atoms with Crippen molar-refractivity contribution in [3.05, 3.63) is 42.0 Å². The van der Waals surface area contributed by atoms with Crippen molar-refractivity contribution in [3.8, 4) is 0 Å². The number of halogens is 1. The molecule has 8 nitrogen and oxygen atoms in total. The SMILES string of the molecule is C=CCN(C(=O)C1N(CCCCO)C(=O)[C@@H]2[C@@H](C(=O)OCC)[C@@H]3OC12CC3Br)c1cc(C)ccc1C. The molecule has 3 aliphatic heterocycles. The Bertz CT molecular complexity index is 1050. The molecular weight excluding hydrogens is 528 g/mol. The first-order chi connectivity index (χ1) is 17.2. The topological polar surface area (TPSA) is 96.4 Å². The van der Waals surface area contributed by atoms with Crippen LogP contribution in [0.3, 0.4) is 0 Å². The third kappa shape index (κ3) is 4.29. The highest BCUT2D eigenvalue weighted by molar-refractivity contribution is 9.09. The molecule has 3 saturated heterocycles. The molecule has 0 saturated carbocycles. The summed E-state index contributed by atoms with van der Waals surface area (Å²) in [6.45, 7) is 10.3. The average Bonchev–Trinajstić information content (AvgIpc) is 3.43. The quantitative estimate of drug-likeness (QED) is 0.204. The van der Waals surface area contributed by atoms with E-state index < -0.39 is 35.6 Å². The minimum atomic E-state index is -1.14. The summed E-state index contributed by atoms with van der Waals surface area (Å²) >= 11 is 3.66. The van der Waals surface area contributed by atoms with Gasteiger partial charge in [-0.25, -0.2) is 0 Å². The summed E-state index contributed by atoms with van der Waals surface area (Å²) in [5.41, 5.74) is 1.56. The summed E-state index contributed by atoms with van der Waals surface area (Å²) in [6.07, 6.45) is 2.60. The number of unbranched alkanes of at least 4 members (excludes halogenated alkanes) is 1. The number of amides is 2. The number of nitrogens with zero attached hydrogens (tertiary/aromatic N) is 2. The van der Waals surface area contributed by atoms with Crippen molar-refractivity contribution < 1.29 is 29.0 Å². The fourth-order valence-electron chi connectivity index (χ4n) is 6.15. The molecule has 1 N–H and O–H groups in total. The van der Waals surface area contributed by atoms with E-state index in [-0.39, 0.29) is 36.4 Å². The van der Waals surface area contributed by atoms with Crippen LogP contribution in [0.25, 0.3) is 0 Å². The zero-order chi connectivity index (χ0) is 26.2. The largest absolute Gasteiger partial charge is 0.466 e. The van der Waals surface area contributed by atoms with Crippen LogP contribution in [0.1, 0.15) is 37.3 Å². The van der Waals surface area contributed by atoms with E-state index in [0.29, 0.717) is 25.8 Å². The fourth-order valence-corrected chi connectivity index (χ4v) is 7.09. The monoisotopic (exact) mass is 562 g/mol. The van der Waals surface area contributed by atoms with Crippen molar-refractivity contribution in [3.63, 3.8) is 0 Å². The maximum atomic E-state index is 14.4. The minimum absolute atomic E-state index is 0.00616. The zero-order valence-corrected chi connectivity index (χ0v) is 22.7. The maximum absolute atomic E-state index is 14.4. The van der Waals surface area contributed by atoms with Crippen molar-refractivity contribution >= 4 is 39.4 Å². The van der Waals surface area contributed by atoms with Gasteiger partial charge in [0.1, 0.15) is 11.6 Å². The Morgan fingerprint density at radius 1 is 1.36 bits per heavy atom. The van der Waals surface area contributed by atoms with Gasteiger partial charge in [0.05, 0.1) is 24.5 Å². The second kappa shape index (κ2) is 10.6. The van der Waals surface area contributed by atoms with Crippen molar-refractivity contribution in [2.24, 2.45) is 11.8 Å². The first kappa shape index (κ1) is 26.8. The van der Waals surface area contributed by atoms with Crippen molar-refractivity contribution in [2.45, 2.75) is 62.6 Å². The predicted molar refractivity (Wildman–Crippen MR) is 139 cm³/mol. The molecule has 1 aromatic carbocycles. The normalized spacial score (nSPS) is 30.4. The standard InChI is InChI=1S/C27H35BrN2O6/c1-5-11-29(19-14-16(3)9-10-17(19)4)25(33)23-27-15-18(28)22(36-27)20(26(34)35-6-2)21(27)24(32)30(23)12-7-8-13-31/h5,9-10,14,18,20-23,31H,1,6-8,11-13,15H2,2-4H3/t18?,20-,21+,22-,23?,27?/m1/s1. The lowest BCUT2D eigenvalue weighted by Gasteiger charge is -2.37. The molecule has 1 aromatic rings. The van der Waals surface area contributed by atoms with Gasteiger partial charge in [0.15, 0.2) is 0 Å². The third-order valence-corrected chi connectivity index (χ3v) is 8.47. The van der Waals surface area contributed by atoms with Crippen LogP contribution in [0.4, 0.5) is 5.69 Å². The molecule has 3 aliphatic rings. The van der Waals surface area contributed by atoms with E-state index in [0.717, 1.165) is 16.8 Å². The first-order valence-corrected chi connectivity index (χ1v) is 13.5. The molecule has 9 heteroatoms. The van der Waals surface area contributed by atoms with Crippen LogP contribution < -0.4 is 4.90 Å². The van der Waals surface area contributed by atoms with Crippen LogP contribution >= 0.6 is 15.9 Å². The maximum Gasteiger partial charge on any atom is 0.312 e. The predicted octanol–water partition coefficient (Wildman–Crippen LogP) is 2.91. The van der Waals surface area contributed by atoms with E-state index in [2.05, 4.69) is 22.5 Å². The Balaban J connectivity index is 1.80. The number of likely N-dealkylation sites (tertiary alicyclic amines) is 1. The van der Waals surface area contributed by atoms with Gasteiger partial charge < -0.3 is 24.4 Å². The van der Waals surface area contributed by atoms with Gasteiger partial charge in [0, 0.05) is 30.2 Å². The molecule has 1 spiro atoms. The lowest BCUT2D eigenvalue weighted by molar-refractivity contribution is -0.154. The Kier molecular flexibility index (Phi) is 7.92. The number of fused-ring (bicyclic) bond motifs is 1. The number of aliphatic hydroxyl groups is 1. The number of ether oxygens (including phenoxy) is 2. The van der Waals surface area contributed by atoms with Crippen molar-refractivity contribution in [1.29, 1.82) is 0 Å². The Morgan fingerprint density at radius 3 is 2.78 bits per heavy atom. The highest BCUT2D eigenvalue weighted by Gasteiger charge is 2.77. The number of hydrogen-bond donors (Lipinski definition) is 1. The van der Waals surface area contributed by atoms with E-state index in [1.54, 1.807) is 22.8 Å². The van der Waals surface area contributed by atoms with Crippen LogP contribution in [0.15, 0.2) is 30.9 Å². The summed E-state index contributed by atoms with van der Waals surface area (Å²) < 4.78 is 11.8. The van der Waals surface area contributed by atoms with Gasteiger partial charge in [-0.05, 0) is 57.2 Å². The average molecular weight is 563 g/mol. The molecule has 6 atom stereocenters. The van der Waals surface area contributed by atoms with Crippen molar-refractivity contribution in [1.82, 2.24) is 4.90 Å². The van der Waals surface area contributed by atoms with E-state index in [9.17, 15) is 19.5 Å². The summed E-state index contributed by atoms with van der Waals surface area (Å²) in [5.74, 6) is -2.54.